The Morgan fingerprint density at radius 3 is 2.65 bits per heavy atom. The topological polar surface area (TPSA) is 66.8 Å². The molecule has 0 radical (unpaired) electrons. The number of nitrogens with zero attached hydrogens (tertiary/aromatic N) is 4. The molecule has 0 bridgehead atoms. The minimum atomic E-state index is -0.0658. The third-order valence-corrected chi connectivity index (χ3v) is 6.80. The molecule has 1 atom stereocenters. The van der Waals surface area contributed by atoms with Gasteiger partial charge in [0.1, 0.15) is 5.69 Å². The van der Waals surface area contributed by atoms with E-state index in [2.05, 4.69) is 33.4 Å². The fraction of sp³-hybridized carbons (Fsp3) is 0.148. The van der Waals surface area contributed by atoms with Crippen molar-refractivity contribution in [2.24, 2.45) is 0 Å². The van der Waals surface area contributed by atoms with Crippen LogP contribution in [0.5, 0.6) is 0 Å². The van der Waals surface area contributed by atoms with Gasteiger partial charge in [-0.3, -0.25) is 9.89 Å². The predicted octanol–water partition coefficient (Wildman–Crippen LogP) is 5.96. The van der Waals surface area contributed by atoms with Crippen LogP contribution in [-0.2, 0) is 6.54 Å². The summed E-state index contributed by atoms with van der Waals surface area (Å²) in [5.74, 6) is 0.0110. The quantitative estimate of drug-likeness (QED) is 0.354. The average Bonchev–Trinajstić information content (AvgIpc) is 3.48. The highest BCUT2D eigenvalue weighted by Gasteiger charge is 2.30. The summed E-state index contributed by atoms with van der Waals surface area (Å²) in [6, 6.07) is 21.8. The maximum atomic E-state index is 13.4. The summed E-state index contributed by atoms with van der Waals surface area (Å²) < 4.78 is 2.03. The van der Waals surface area contributed by atoms with Crippen LogP contribution < -0.4 is 0 Å². The second-order valence-electron chi connectivity index (χ2n) is 8.60. The van der Waals surface area contributed by atoms with E-state index < -0.39 is 0 Å². The highest BCUT2D eigenvalue weighted by atomic mass is 35.5. The molecule has 34 heavy (non-hydrogen) atoms. The van der Waals surface area contributed by atoms with Gasteiger partial charge in [0, 0.05) is 47.0 Å². The van der Waals surface area contributed by atoms with Crippen LogP contribution in [0.2, 0.25) is 5.02 Å². The number of benzene rings is 2. The molecule has 6 nitrogen and oxygen atoms in total. The van der Waals surface area contributed by atoms with Crippen molar-refractivity contribution >= 4 is 28.5 Å². The molecule has 0 saturated heterocycles. The number of H-pyrrole nitrogens is 1. The lowest BCUT2D eigenvalue weighted by Gasteiger charge is -2.33. The Morgan fingerprint density at radius 2 is 1.82 bits per heavy atom. The van der Waals surface area contributed by atoms with Gasteiger partial charge in [0.15, 0.2) is 5.65 Å². The first-order valence-corrected chi connectivity index (χ1v) is 11.6. The molecule has 1 amide bonds. The molecule has 6 rings (SSSR count). The number of hydrogen-bond acceptors (Lipinski definition) is 3. The fourth-order valence-corrected chi connectivity index (χ4v) is 4.90. The standard InChI is InChI=1S/C27H22ClN5O/c1-17(19-8-5-9-22(28)12-19)33-11-10-32-16-21(14-24(32)27(33)34)25-23-13-20(15-29-26(23)31-30-25)18-6-3-2-4-7-18/h2-9,12-17H,10-11H2,1H3,(H,29,30,31)/t17-/m0/s1. The normalized spacial score (nSPS) is 14.4. The molecule has 1 N–H and O–H groups in total. The third-order valence-electron chi connectivity index (χ3n) is 6.56. The number of fused-ring (bicyclic) bond motifs is 2. The van der Waals surface area contributed by atoms with E-state index in [9.17, 15) is 4.79 Å². The largest absolute Gasteiger partial charge is 0.341 e. The lowest BCUT2D eigenvalue weighted by molar-refractivity contribution is 0.0632. The van der Waals surface area contributed by atoms with Gasteiger partial charge < -0.3 is 9.47 Å². The molecular formula is C27H22ClN5O. The molecule has 168 valence electrons. The van der Waals surface area contributed by atoms with Gasteiger partial charge in [0.05, 0.1) is 11.7 Å². The minimum absolute atomic E-state index is 0.0110. The minimum Gasteiger partial charge on any atom is -0.341 e. The summed E-state index contributed by atoms with van der Waals surface area (Å²) >= 11 is 6.18. The number of hydrogen-bond donors (Lipinski definition) is 1. The molecule has 0 aliphatic carbocycles. The zero-order valence-electron chi connectivity index (χ0n) is 18.6. The van der Waals surface area contributed by atoms with E-state index in [1.165, 1.54) is 0 Å². The van der Waals surface area contributed by atoms with Crippen molar-refractivity contribution in [3.63, 3.8) is 0 Å². The van der Waals surface area contributed by atoms with Crippen LogP contribution >= 0.6 is 11.6 Å². The molecule has 0 fully saturated rings. The number of aromatic nitrogens is 4. The number of amides is 1. The van der Waals surface area contributed by atoms with Crippen molar-refractivity contribution in [3.05, 3.63) is 95.4 Å². The van der Waals surface area contributed by atoms with Gasteiger partial charge in [-0.15, -0.1) is 0 Å². The number of nitrogens with one attached hydrogen (secondary N) is 1. The summed E-state index contributed by atoms with van der Waals surface area (Å²) in [6.45, 7) is 3.41. The van der Waals surface area contributed by atoms with Gasteiger partial charge in [-0.25, -0.2) is 4.98 Å². The summed E-state index contributed by atoms with van der Waals surface area (Å²) in [5, 5.41) is 9.13. The van der Waals surface area contributed by atoms with Gasteiger partial charge in [0.25, 0.3) is 5.91 Å². The number of rotatable bonds is 4. The molecular weight excluding hydrogens is 446 g/mol. The molecule has 1 aliphatic heterocycles. The average molecular weight is 468 g/mol. The van der Waals surface area contributed by atoms with E-state index >= 15 is 0 Å². The fourth-order valence-electron chi connectivity index (χ4n) is 4.70. The van der Waals surface area contributed by atoms with E-state index in [0.29, 0.717) is 22.9 Å². The van der Waals surface area contributed by atoms with E-state index in [1.807, 2.05) is 77.3 Å². The third kappa shape index (κ3) is 3.47. The highest BCUT2D eigenvalue weighted by molar-refractivity contribution is 6.30. The smallest absolute Gasteiger partial charge is 0.271 e. The molecule has 2 aromatic carbocycles. The molecule has 4 heterocycles. The SMILES string of the molecule is C[C@@H](c1cccc(Cl)c1)N1CCn2cc(-c3[nH]nc4ncc(-c5ccccc5)cc34)cc2C1=O. The lowest BCUT2D eigenvalue weighted by atomic mass is 10.0. The van der Waals surface area contributed by atoms with Crippen molar-refractivity contribution in [2.45, 2.75) is 19.5 Å². The van der Waals surface area contributed by atoms with Gasteiger partial charge in [-0.2, -0.15) is 5.10 Å². The molecule has 5 aromatic rings. The van der Waals surface area contributed by atoms with Crippen LogP contribution in [0.25, 0.3) is 33.4 Å². The predicted molar refractivity (Wildman–Crippen MR) is 134 cm³/mol. The molecule has 0 spiro atoms. The molecule has 0 unspecified atom stereocenters. The van der Waals surface area contributed by atoms with Crippen molar-refractivity contribution < 1.29 is 4.79 Å². The highest BCUT2D eigenvalue weighted by Crippen LogP contribution is 2.33. The van der Waals surface area contributed by atoms with Crippen molar-refractivity contribution in [1.82, 2.24) is 24.6 Å². The van der Waals surface area contributed by atoms with Crippen LogP contribution in [0, 0.1) is 0 Å². The molecule has 7 heteroatoms. The first-order chi connectivity index (χ1) is 16.6. The molecule has 0 saturated carbocycles. The summed E-state index contributed by atoms with van der Waals surface area (Å²) in [4.78, 5) is 19.9. The Kier molecular flexibility index (Phi) is 4.96. The zero-order valence-corrected chi connectivity index (χ0v) is 19.3. The Balaban J connectivity index is 1.35. The van der Waals surface area contributed by atoms with Crippen LogP contribution in [0.1, 0.15) is 29.0 Å². The second kappa shape index (κ2) is 8.15. The van der Waals surface area contributed by atoms with E-state index in [1.54, 1.807) is 0 Å². The van der Waals surface area contributed by atoms with Crippen molar-refractivity contribution in [2.75, 3.05) is 6.54 Å². The molecule has 1 aliphatic rings. The maximum absolute atomic E-state index is 13.4. The van der Waals surface area contributed by atoms with Crippen LogP contribution in [0.15, 0.2) is 79.1 Å². The van der Waals surface area contributed by atoms with Crippen molar-refractivity contribution in [1.29, 1.82) is 0 Å². The number of carbonyl (C=O) groups excluding carboxylic acids is 1. The second-order valence-corrected chi connectivity index (χ2v) is 9.03. The zero-order chi connectivity index (χ0) is 23.2. The molecule has 3 aromatic heterocycles. The Labute approximate surface area is 201 Å². The van der Waals surface area contributed by atoms with E-state index in [0.717, 1.165) is 39.9 Å². The maximum Gasteiger partial charge on any atom is 0.271 e. The monoisotopic (exact) mass is 467 g/mol. The first-order valence-electron chi connectivity index (χ1n) is 11.2. The summed E-state index contributed by atoms with van der Waals surface area (Å²) in [7, 11) is 0. The number of aromatic amines is 1. The number of carbonyl (C=O) groups is 1. The number of halogens is 1. The van der Waals surface area contributed by atoms with Crippen molar-refractivity contribution in [3.8, 4) is 22.4 Å². The van der Waals surface area contributed by atoms with Gasteiger partial charge >= 0.3 is 0 Å². The van der Waals surface area contributed by atoms with E-state index in [4.69, 9.17) is 11.6 Å². The summed E-state index contributed by atoms with van der Waals surface area (Å²) in [5.41, 5.74) is 6.27. The Morgan fingerprint density at radius 1 is 0.971 bits per heavy atom. The Bertz CT molecular complexity index is 1520. The van der Waals surface area contributed by atoms with Gasteiger partial charge in [-0.1, -0.05) is 54.1 Å². The van der Waals surface area contributed by atoms with Crippen LogP contribution in [0.4, 0.5) is 0 Å². The summed E-state index contributed by atoms with van der Waals surface area (Å²) in [6.07, 6.45) is 3.86. The lowest BCUT2D eigenvalue weighted by Crippen LogP contribution is -2.41. The van der Waals surface area contributed by atoms with Gasteiger partial charge in [-0.05, 0) is 42.3 Å². The van der Waals surface area contributed by atoms with Crippen LogP contribution in [-0.4, -0.2) is 37.1 Å². The van der Waals surface area contributed by atoms with Crippen LogP contribution in [0.3, 0.4) is 0 Å². The Hall–Kier alpha value is -3.90. The number of pyridine rings is 1. The first kappa shape index (κ1) is 20.7. The van der Waals surface area contributed by atoms with Gasteiger partial charge in [0.2, 0.25) is 0 Å². The van der Waals surface area contributed by atoms with E-state index in [-0.39, 0.29) is 11.9 Å².